The summed E-state index contributed by atoms with van der Waals surface area (Å²) in [5.74, 6) is 2.84. The summed E-state index contributed by atoms with van der Waals surface area (Å²) in [5, 5.41) is 0. The van der Waals surface area contributed by atoms with Gasteiger partial charge in [0, 0.05) is 0 Å². The van der Waals surface area contributed by atoms with Crippen LogP contribution in [0.4, 0.5) is 0 Å². The molecule has 0 spiro atoms. The second-order valence-corrected chi connectivity index (χ2v) is 23.8. The zero-order valence-corrected chi connectivity index (χ0v) is 17.3. The standard InChI is InChI=1S/3C6H11.ClH.Sn/c3*1-6-4-2-3-5-6;;/h3*4,6H,2-3,5H2,1H3;1H;/q;;;;+1/p-1. The fourth-order valence-corrected chi connectivity index (χ4v) is 31.9. The summed E-state index contributed by atoms with van der Waals surface area (Å²) >= 11 is -2.59. The summed E-state index contributed by atoms with van der Waals surface area (Å²) < 4.78 is 3.01. The number of rotatable bonds is 3. The SMILES string of the molecule is CC1CCC[CH]1[Sn]([Cl])([CH]1CCCC1C)[CH]1CCCC1C. The zero-order chi connectivity index (χ0) is 14.3. The molecule has 3 aliphatic carbocycles. The Kier molecular flexibility index (Phi) is 5.03. The Morgan fingerprint density at radius 1 is 0.600 bits per heavy atom. The predicted octanol–water partition coefficient (Wildman–Crippen LogP) is 6.74. The van der Waals surface area contributed by atoms with E-state index in [9.17, 15) is 0 Å². The van der Waals surface area contributed by atoms with Crippen molar-refractivity contribution in [3.8, 4) is 0 Å². The van der Waals surface area contributed by atoms with Crippen molar-refractivity contribution in [2.45, 2.75) is 90.4 Å². The molecule has 6 atom stereocenters. The monoisotopic (exact) mass is 404 g/mol. The molecule has 3 saturated carbocycles. The topological polar surface area (TPSA) is 0 Å². The third-order valence-corrected chi connectivity index (χ3v) is 30.0. The molecule has 3 fully saturated rings. The van der Waals surface area contributed by atoms with Crippen LogP contribution in [0.25, 0.3) is 0 Å². The molecule has 116 valence electrons. The van der Waals surface area contributed by atoms with Crippen LogP contribution in [0, 0.1) is 17.8 Å². The Bertz CT molecular complexity index is 292. The Hall–Kier alpha value is 1.09. The van der Waals surface area contributed by atoms with Gasteiger partial charge in [-0.1, -0.05) is 0 Å². The molecule has 0 amide bonds. The van der Waals surface area contributed by atoms with E-state index in [0.29, 0.717) is 0 Å². The molecule has 0 aliphatic heterocycles. The van der Waals surface area contributed by atoms with Crippen molar-refractivity contribution in [3.05, 3.63) is 0 Å². The molecule has 0 nitrogen and oxygen atoms in total. The van der Waals surface area contributed by atoms with Crippen molar-refractivity contribution in [1.29, 1.82) is 0 Å². The summed E-state index contributed by atoms with van der Waals surface area (Å²) in [5.41, 5.74) is 0. The molecule has 0 saturated heterocycles. The fourth-order valence-electron chi connectivity index (χ4n) is 6.23. The molecule has 3 aliphatic rings. The average Bonchev–Trinajstić information content (AvgIpc) is 3.10. The van der Waals surface area contributed by atoms with E-state index in [1.165, 1.54) is 57.8 Å². The molecule has 0 N–H and O–H groups in total. The fraction of sp³-hybridized carbons (Fsp3) is 1.00. The molecule has 20 heavy (non-hydrogen) atoms. The van der Waals surface area contributed by atoms with E-state index >= 15 is 0 Å². The third-order valence-electron chi connectivity index (χ3n) is 7.29. The van der Waals surface area contributed by atoms with Crippen LogP contribution >= 0.6 is 8.92 Å². The molecule has 0 radical (unpaired) electrons. The summed E-state index contributed by atoms with van der Waals surface area (Å²) in [6.45, 7) is 7.60. The van der Waals surface area contributed by atoms with E-state index in [1.807, 2.05) is 0 Å². The van der Waals surface area contributed by atoms with Gasteiger partial charge in [0.05, 0.1) is 0 Å². The van der Waals surface area contributed by atoms with E-state index < -0.39 is 17.3 Å². The van der Waals surface area contributed by atoms with Crippen LogP contribution in [0.15, 0.2) is 0 Å². The van der Waals surface area contributed by atoms with Gasteiger partial charge in [0.1, 0.15) is 0 Å². The molecule has 0 aromatic heterocycles. The van der Waals surface area contributed by atoms with Gasteiger partial charge in [-0.2, -0.15) is 0 Å². The first-order valence-electron chi connectivity index (χ1n) is 9.24. The van der Waals surface area contributed by atoms with Gasteiger partial charge in [0.25, 0.3) is 0 Å². The van der Waals surface area contributed by atoms with Crippen molar-refractivity contribution in [3.63, 3.8) is 0 Å². The number of hydrogen-bond donors (Lipinski definition) is 0. The molecule has 3 rings (SSSR count). The maximum absolute atomic E-state index is 7.85. The van der Waals surface area contributed by atoms with E-state index in [4.69, 9.17) is 8.92 Å². The van der Waals surface area contributed by atoms with Crippen LogP contribution in [0.3, 0.4) is 0 Å². The van der Waals surface area contributed by atoms with Gasteiger partial charge >= 0.3 is 134 Å². The molecular formula is C18H33ClSn. The second kappa shape index (κ2) is 6.30. The number of halogens is 1. The first kappa shape index (κ1) is 16.0. The van der Waals surface area contributed by atoms with Gasteiger partial charge in [-0.05, 0) is 0 Å². The Labute approximate surface area is 134 Å². The zero-order valence-electron chi connectivity index (χ0n) is 13.7. The van der Waals surface area contributed by atoms with Crippen molar-refractivity contribution < 1.29 is 0 Å². The quantitative estimate of drug-likeness (QED) is 0.458. The first-order valence-corrected chi connectivity index (χ1v) is 17.8. The summed E-state index contributed by atoms with van der Waals surface area (Å²) in [7, 11) is 7.85. The van der Waals surface area contributed by atoms with Gasteiger partial charge in [0.15, 0.2) is 0 Å². The average molecular weight is 404 g/mol. The van der Waals surface area contributed by atoms with Gasteiger partial charge in [0.2, 0.25) is 0 Å². The molecule has 0 aromatic carbocycles. The van der Waals surface area contributed by atoms with E-state index in [1.54, 1.807) is 0 Å². The van der Waals surface area contributed by atoms with Gasteiger partial charge in [-0.3, -0.25) is 0 Å². The van der Waals surface area contributed by atoms with Crippen molar-refractivity contribution in [2.24, 2.45) is 17.8 Å². The normalized spacial score (nSPS) is 48.6. The van der Waals surface area contributed by atoms with E-state index in [0.717, 1.165) is 29.6 Å². The third kappa shape index (κ3) is 2.59. The predicted molar refractivity (Wildman–Crippen MR) is 91.9 cm³/mol. The summed E-state index contributed by atoms with van der Waals surface area (Å²) in [6.07, 6.45) is 13.3. The van der Waals surface area contributed by atoms with E-state index in [-0.39, 0.29) is 0 Å². The molecular weight excluding hydrogens is 370 g/mol. The van der Waals surface area contributed by atoms with Gasteiger partial charge in [-0.25, -0.2) is 0 Å². The van der Waals surface area contributed by atoms with Crippen LogP contribution in [0.5, 0.6) is 0 Å². The molecule has 2 heteroatoms. The van der Waals surface area contributed by atoms with Crippen LogP contribution in [0.2, 0.25) is 11.8 Å². The van der Waals surface area contributed by atoms with Crippen LogP contribution in [0.1, 0.15) is 78.6 Å². The van der Waals surface area contributed by atoms with Crippen molar-refractivity contribution in [1.82, 2.24) is 0 Å². The molecule has 0 bridgehead atoms. The van der Waals surface area contributed by atoms with Crippen LogP contribution in [-0.2, 0) is 0 Å². The minimum absolute atomic E-state index is 0.948. The summed E-state index contributed by atoms with van der Waals surface area (Å²) in [6, 6.07) is 0. The summed E-state index contributed by atoms with van der Waals surface area (Å²) in [4.78, 5) is 0. The van der Waals surface area contributed by atoms with Gasteiger partial charge in [-0.15, -0.1) is 0 Å². The number of hydrogen-bond acceptors (Lipinski definition) is 0. The van der Waals surface area contributed by atoms with Crippen molar-refractivity contribution >= 4 is 26.2 Å². The second-order valence-electron chi connectivity index (χ2n) is 8.37. The van der Waals surface area contributed by atoms with Crippen LogP contribution in [-0.4, -0.2) is 17.3 Å². The van der Waals surface area contributed by atoms with Gasteiger partial charge < -0.3 is 0 Å². The molecule has 0 heterocycles. The Balaban J connectivity index is 1.93. The Morgan fingerprint density at radius 2 is 0.900 bits per heavy atom. The minimum atomic E-state index is -2.59. The Morgan fingerprint density at radius 3 is 1.10 bits per heavy atom. The van der Waals surface area contributed by atoms with E-state index in [2.05, 4.69) is 20.8 Å². The molecule has 0 aromatic rings. The maximum atomic E-state index is 7.85. The first-order chi connectivity index (χ1) is 9.55. The van der Waals surface area contributed by atoms with Crippen molar-refractivity contribution in [2.75, 3.05) is 0 Å². The molecule has 6 unspecified atom stereocenters. The van der Waals surface area contributed by atoms with Crippen LogP contribution < -0.4 is 0 Å².